The summed E-state index contributed by atoms with van der Waals surface area (Å²) in [4.78, 5) is 0. The molecule has 1 unspecified atom stereocenters. The Morgan fingerprint density at radius 3 is 2.00 bits per heavy atom. The maximum atomic E-state index is 2.56. The molecule has 0 spiro atoms. The lowest BCUT2D eigenvalue weighted by molar-refractivity contribution is 0.659. The van der Waals surface area contributed by atoms with Crippen LogP contribution < -0.4 is 0 Å². The van der Waals surface area contributed by atoms with E-state index in [1.807, 2.05) is 0 Å². The van der Waals surface area contributed by atoms with Crippen molar-refractivity contribution in [3.05, 3.63) is 198 Å². The molecule has 2 aliphatic rings. The molecule has 0 fully saturated rings. The van der Waals surface area contributed by atoms with E-state index >= 15 is 0 Å². The molecule has 0 aliphatic heterocycles. The number of hydrogen-bond acceptors (Lipinski definition) is 0. The van der Waals surface area contributed by atoms with Crippen molar-refractivity contribution in [1.29, 1.82) is 0 Å². The van der Waals surface area contributed by atoms with Crippen molar-refractivity contribution < 1.29 is 0 Å². The number of fused-ring (bicyclic) bond motifs is 10. The highest BCUT2D eigenvalue weighted by molar-refractivity contribution is 6.10. The molecular formula is C50H35N. The molecule has 8 aromatic carbocycles. The van der Waals surface area contributed by atoms with Crippen LogP contribution in [0.25, 0.3) is 71.6 Å². The molecule has 0 amide bonds. The first-order chi connectivity index (χ1) is 25.1. The fourth-order valence-electron chi connectivity index (χ4n) is 9.47. The standard InChI is InChI=1S/C50H35N/c1-50(2)45-21-10-8-18-36(45)42-29-41-40-27-32(23-25-39(40)49(44(41)30-46(42)50)38-20-12-14-31-13-6-7-17-35(31)38)33-24-26-48-43(28-33)37-19-9-11-22-47(37)51(48)34-15-4-3-5-16-34/h3-30,49H,1-2H3. The third-order valence-electron chi connectivity index (χ3n) is 11.9. The Kier molecular flexibility index (Phi) is 5.85. The van der Waals surface area contributed by atoms with Crippen molar-refractivity contribution in [3.8, 4) is 39.1 Å². The van der Waals surface area contributed by atoms with Gasteiger partial charge in [-0.2, -0.15) is 0 Å². The van der Waals surface area contributed by atoms with Gasteiger partial charge in [0.2, 0.25) is 0 Å². The molecular weight excluding hydrogens is 615 g/mol. The second kappa shape index (κ2) is 10.4. The van der Waals surface area contributed by atoms with E-state index in [9.17, 15) is 0 Å². The zero-order valence-electron chi connectivity index (χ0n) is 28.7. The molecule has 2 aliphatic carbocycles. The first-order valence-electron chi connectivity index (χ1n) is 18.1. The van der Waals surface area contributed by atoms with Crippen LogP contribution in [-0.4, -0.2) is 4.57 Å². The topological polar surface area (TPSA) is 4.93 Å². The highest BCUT2D eigenvalue weighted by atomic mass is 15.0. The highest BCUT2D eigenvalue weighted by Crippen LogP contribution is 2.56. The zero-order chi connectivity index (χ0) is 33.8. The molecule has 1 nitrogen and oxygen atoms in total. The number of nitrogens with zero attached hydrogens (tertiary/aromatic N) is 1. The SMILES string of the molecule is CC1(C)c2ccccc2-c2cc3c(cc21)C(c1cccc2ccccc12)c1ccc(-c2ccc4c(c2)c2ccccc2n4-c2ccccc2)cc1-3. The predicted octanol–water partition coefficient (Wildman–Crippen LogP) is 13.1. The molecule has 0 saturated carbocycles. The van der Waals surface area contributed by atoms with Crippen LogP contribution in [0.2, 0.25) is 0 Å². The second-order valence-electron chi connectivity index (χ2n) is 14.9. The van der Waals surface area contributed by atoms with Gasteiger partial charge in [-0.25, -0.2) is 0 Å². The Morgan fingerprint density at radius 2 is 1.10 bits per heavy atom. The van der Waals surface area contributed by atoms with Crippen molar-refractivity contribution in [1.82, 2.24) is 4.57 Å². The van der Waals surface area contributed by atoms with Gasteiger partial charge in [0.05, 0.1) is 11.0 Å². The molecule has 1 heteroatoms. The summed E-state index contributed by atoms with van der Waals surface area (Å²) in [6.07, 6.45) is 0. The molecule has 1 atom stereocenters. The number of hydrogen-bond donors (Lipinski definition) is 0. The molecule has 240 valence electrons. The lowest BCUT2D eigenvalue weighted by Gasteiger charge is -2.23. The monoisotopic (exact) mass is 649 g/mol. The van der Waals surface area contributed by atoms with Gasteiger partial charge in [-0.1, -0.05) is 141 Å². The number of para-hydroxylation sites is 2. The van der Waals surface area contributed by atoms with Crippen molar-refractivity contribution >= 4 is 32.6 Å². The summed E-state index contributed by atoms with van der Waals surface area (Å²) >= 11 is 0. The quantitative estimate of drug-likeness (QED) is 0.179. The minimum Gasteiger partial charge on any atom is -0.309 e. The van der Waals surface area contributed by atoms with Crippen LogP contribution in [0.5, 0.6) is 0 Å². The van der Waals surface area contributed by atoms with Crippen molar-refractivity contribution in [3.63, 3.8) is 0 Å². The smallest absolute Gasteiger partial charge is 0.0541 e. The van der Waals surface area contributed by atoms with E-state index < -0.39 is 0 Å². The summed E-state index contributed by atoms with van der Waals surface area (Å²) in [7, 11) is 0. The largest absolute Gasteiger partial charge is 0.309 e. The van der Waals surface area contributed by atoms with Gasteiger partial charge < -0.3 is 4.57 Å². The van der Waals surface area contributed by atoms with E-state index in [-0.39, 0.29) is 11.3 Å². The average Bonchev–Trinajstić information content (AvgIpc) is 3.76. The van der Waals surface area contributed by atoms with Gasteiger partial charge in [-0.3, -0.25) is 0 Å². The number of benzene rings is 8. The summed E-state index contributed by atoms with van der Waals surface area (Å²) in [5.41, 5.74) is 18.6. The lowest BCUT2D eigenvalue weighted by Crippen LogP contribution is -2.15. The maximum Gasteiger partial charge on any atom is 0.0541 e. The average molecular weight is 650 g/mol. The van der Waals surface area contributed by atoms with E-state index in [4.69, 9.17) is 0 Å². The van der Waals surface area contributed by atoms with E-state index in [0.717, 1.165) is 0 Å². The highest BCUT2D eigenvalue weighted by Gasteiger charge is 2.39. The zero-order valence-corrected chi connectivity index (χ0v) is 28.7. The summed E-state index contributed by atoms with van der Waals surface area (Å²) in [5.74, 6) is 0.159. The second-order valence-corrected chi connectivity index (χ2v) is 14.9. The van der Waals surface area contributed by atoms with Crippen LogP contribution >= 0.6 is 0 Å². The van der Waals surface area contributed by atoms with E-state index in [1.54, 1.807) is 0 Å². The Balaban J connectivity index is 1.14. The molecule has 1 heterocycles. The van der Waals surface area contributed by atoms with E-state index in [2.05, 4.69) is 188 Å². The summed E-state index contributed by atoms with van der Waals surface area (Å²) in [5, 5.41) is 5.17. The Morgan fingerprint density at radius 1 is 0.412 bits per heavy atom. The molecule has 0 N–H and O–H groups in total. The van der Waals surface area contributed by atoms with Crippen LogP contribution in [0.3, 0.4) is 0 Å². The maximum absolute atomic E-state index is 2.56. The Labute approximate surface area is 298 Å². The van der Waals surface area contributed by atoms with Crippen LogP contribution in [0.15, 0.2) is 170 Å². The van der Waals surface area contributed by atoms with E-state index in [1.165, 1.54) is 99.5 Å². The molecule has 9 aromatic rings. The Hall–Kier alpha value is -6.18. The molecule has 1 aromatic heterocycles. The van der Waals surface area contributed by atoms with Crippen molar-refractivity contribution in [2.75, 3.05) is 0 Å². The fraction of sp³-hybridized carbons (Fsp3) is 0.0800. The molecule has 0 saturated heterocycles. The number of aromatic nitrogens is 1. The van der Waals surface area contributed by atoms with Gasteiger partial charge in [0.15, 0.2) is 0 Å². The van der Waals surface area contributed by atoms with E-state index in [0.29, 0.717) is 0 Å². The fourth-order valence-corrected chi connectivity index (χ4v) is 9.47. The summed E-state index contributed by atoms with van der Waals surface area (Å²) in [6.45, 7) is 4.78. The van der Waals surface area contributed by atoms with Gasteiger partial charge in [-0.15, -0.1) is 0 Å². The predicted molar refractivity (Wildman–Crippen MR) is 214 cm³/mol. The summed E-state index contributed by atoms with van der Waals surface area (Å²) in [6, 6.07) is 63.5. The normalized spacial score (nSPS) is 15.2. The Bertz CT molecular complexity index is 2880. The van der Waals surface area contributed by atoms with Gasteiger partial charge >= 0.3 is 0 Å². The first kappa shape index (κ1) is 28.6. The van der Waals surface area contributed by atoms with Crippen LogP contribution in [0.1, 0.15) is 47.6 Å². The van der Waals surface area contributed by atoms with Gasteiger partial charge in [0, 0.05) is 27.8 Å². The molecule has 11 rings (SSSR count). The molecule has 0 bridgehead atoms. The van der Waals surface area contributed by atoms with Gasteiger partial charge in [0.1, 0.15) is 0 Å². The van der Waals surface area contributed by atoms with Crippen LogP contribution in [0.4, 0.5) is 0 Å². The third-order valence-corrected chi connectivity index (χ3v) is 11.9. The molecule has 0 radical (unpaired) electrons. The van der Waals surface area contributed by atoms with Crippen LogP contribution in [0, 0.1) is 0 Å². The lowest BCUT2D eigenvalue weighted by atomic mass is 9.79. The van der Waals surface area contributed by atoms with Crippen molar-refractivity contribution in [2.24, 2.45) is 0 Å². The van der Waals surface area contributed by atoms with Crippen molar-refractivity contribution in [2.45, 2.75) is 25.2 Å². The number of rotatable bonds is 3. The van der Waals surface area contributed by atoms with Gasteiger partial charge in [-0.05, 0) is 114 Å². The van der Waals surface area contributed by atoms with Crippen LogP contribution in [-0.2, 0) is 5.41 Å². The third kappa shape index (κ3) is 3.98. The minimum absolute atomic E-state index is 0.0570. The first-order valence-corrected chi connectivity index (χ1v) is 18.1. The summed E-state index contributed by atoms with van der Waals surface area (Å²) < 4.78 is 2.39. The van der Waals surface area contributed by atoms with Gasteiger partial charge in [0.25, 0.3) is 0 Å². The molecule has 51 heavy (non-hydrogen) atoms. The minimum atomic E-state index is -0.0570.